The number of aromatic amines is 1. The molecule has 86 valence electrons. The molecule has 1 aromatic heterocycles. The van der Waals surface area contributed by atoms with E-state index < -0.39 is 0 Å². The fourth-order valence-corrected chi connectivity index (χ4v) is 2.89. The minimum absolute atomic E-state index is 0.233. The Hall–Kier alpha value is -1.09. The predicted molar refractivity (Wildman–Crippen MR) is 63.8 cm³/mol. The quantitative estimate of drug-likeness (QED) is 0.770. The number of aryl methyl sites for hydroxylation is 2. The van der Waals surface area contributed by atoms with Crippen molar-refractivity contribution in [1.29, 1.82) is 0 Å². The van der Waals surface area contributed by atoms with Gasteiger partial charge in [0.25, 0.3) is 0 Å². The predicted octanol–water partition coefficient (Wildman–Crippen LogP) is 1.25. The average Bonchev–Trinajstić information content (AvgIpc) is 2.16. The van der Waals surface area contributed by atoms with E-state index in [1.807, 2.05) is 6.92 Å². The number of nitrogens with one attached hydrogen (secondary N) is 1. The summed E-state index contributed by atoms with van der Waals surface area (Å²) in [5.74, 6) is 0. The molecule has 3 rings (SSSR count). The summed E-state index contributed by atoms with van der Waals surface area (Å²) >= 11 is 0. The van der Waals surface area contributed by atoms with Gasteiger partial charge in [0.1, 0.15) is 0 Å². The number of fused-ring (bicyclic) bond motifs is 1. The Bertz CT molecular complexity index is 459. The van der Waals surface area contributed by atoms with Gasteiger partial charge in [0.05, 0.1) is 0 Å². The third kappa shape index (κ3) is 1.59. The Morgan fingerprint density at radius 1 is 1.44 bits per heavy atom. The van der Waals surface area contributed by atoms with Gasteiger partial charge in [-0.3, -0.25) is 9.69 Å². The Balaban J connectivity index is 1.90. The monoisotopic (exact) mass is 218 g/mol. The lowest BCUT2D eigenvalue weighted by molar-refractivity contribution is 0.107. The molecule has 1 saturated heterocycles. The molecule has 0 amide bonds. The van der Waals surface area contributed by atoms with Crippen LogP contribution in [0.15, 0.2) is 10.9 Å². The standard InChI is InChI=1S/C13H18N2O/c1-9-7-13(16)11-8-10(15-5-2-6-15)3-4-12(11)14-9/h7,10H,2-6,8H2,1H3,(H,14,16). The van der Waals surface area contributed by atoms with Crippen LogP contribution in [0.25, 0.3) is 0 Å². The van der Waals surface area contributed by atoms with E-state index in [0.29, 0.717) is 6.04 Å². The van der Waals surface area contributed by atoms with Crippen LogP contribution in [0.5, 0.6) is 0 Å². The zero-order chi connectivity index (χ0) is 11.1. The second kappa shape index (κ2) is 3.74. The van der Waals surface area contributed by atoms with E-state index in [1.54, 1.807) is 6.07 Å². The molecule has 2 heterocycles. The largest absolute Gasteiger partial charge is 0.362 e. The maximum atomic E-state index is 11.9. The number of H-pyrrole nitrogens is 1. The van der Waals surface area contributed by atoms with Crippen molar-refractivity contribution >= 4 is 0 Å². The van der Waals surface area contributed by atoms with Crippen molar-refractivity contribution in [3.05, 3.63) is 33.2 Å². The lowest BCUT2D eigenvalue weighted by Gasteiger charge is -2.40. The van der Waals surface area contributed by atoms with Crippen molar-refractivity contribution in [2.75, 3.05) is 13.1 Å². The third-order valence-electron chi connectivity index (χ3n) is 3.93. The molecule has 3 heteroatoms. The molecular weight excluding hydrogens is 200 g/mol. The summed E-state index contributed by atoms with van der Waals surface area (Å²) in [6.07, 6.45) is 4.51. The number of rotatable bonds is 1. The number of nitrogens with zero attached hydrogens (tertiary/aromatic N) is 1. The van der Waals surface area contributed by atoms with Crippen LogP contribution in [0.4, 0.5) is 0 Å². The van der Waals surface area contributed by atoms with Crippen molar-refractivity contribution in [3.63, 3.8) is 0 Å². The molecular formula is C13H18N2O. The van der Waals surface area contributed by atoms with Gasteiger partial charge in [0.15, 0.2) is 5.43 Å². The van der Waals surface area contributed by atoms with Crippen molar-refractivity contribution in [2.45, 2.75) is 38.6 Å². The molecule has 1 aliphatic carbocycles. The molecule has 1 unspecified atom stereocenters. The molecule has 3 nitrogen and oxygen atoms in total. The smallest absolute Gasteiger partial charge is 0.185 e. The normalized spacial score (nSPS) is 24.9. The Labute approximate surface area is 95.5 Å². The first-order valence-electron chi connectivity index (χ1n) is 6.20. The third-order valence-corrected chi connectivity index (χ3v) is 3.93. The molecule has 2 aliphatic rings. The van der Waals surface area contributed by atoms with Crippen LogP contribution < -0.4 is 5.43 Å². The molecule has 0 radical (unpaired) electrons. The number of hydrogen-bond acceptors (Lipinski definition) is 2. The van der Waals surface area contributed by atoms with Crippen LogP contribution in [0.1, 0.15) is 29.8 Å². The first kappa shape index (κ1) is 10.1. The van der Waals surface area contributed by atoms with Gasteiger partial charge in [-0.15, -0.1) is 0 Å². The summed E-state index contributed by atoms with van der Waals surface area (Å²) in [5.41, 5.74) is 3.44. The topological polar surface area (TPSA) is 36.1 Å². The summed E-state index contributed by atoms with van der Waals surface area (Å²) in [6.45, 7) is 4.41. The molecule has 0 spiro atoms. The zero-order valence-electron chi connectivity index (χ0n) is 9.75. The Morgan fingerprint density at radius 2 is 2.25 bits per heavy atom. The van der Waals surface area contributed by atoms with E-state index in [9.17, 15) is 4.79 Å². The maximum absolute atomic E-state index is 11.9. The van der Waals surface area contributed by atoms with E-state index in [-0.39, 0.29) is 5.43 Å². The lowest BCUT2D eigenvalue weighted by atomic mass is 9.89. The van der Waals surface area contributed by atoms with Crippen molar-refractivity contribution < 1.29 is 0 Å². The number of pyridine rings is 1. The first-order chi connectivity index (χ1) is 7.74. The van der Waals surface area contributed by atoms with Crippen LogP contribution in [0.2, 0.25) is 0 Å². The van der Waals surface area contributed by atoms with Gasteiger partial charge in [-0.1, -0.05) is 0 Å². The number of likely N-dealkylation sites (tertiary alicyclic amines) is 1. The van der Waals surface area contributed by atoms with Gasteiger partial charge in [-0.25, -0.2) is 0 Å². The SMILES string of the molecule is Cc1cc(=O)c2c([nH]1)CCC(N1CCC1)C2. The molecule has 0 aromatic carbocycles. The average molecular weight is 218 g/mol. The summed E-state index contributed by atoms with van der Waals surface area (Å²) in [7, 11) is 0. The minimum Gasteiger partial charge on any atom is -0.362 e. The van der Waals surface area contributed by atoms with Crippen molar-refractivity contribution in [2.24, 2.45) is 0 Å². The van der Waals surface area contributed by atoms with Gasteiger partial charge in [-0.05, 0) is 45.7 Å². The van der Waals surface area contributed by atoms with Crippen molar-refractivity contribution in [3.8, 4) is 0 Å². The van der Waals surface area contributed by atoms with Gasteiger partial charge in [0.2, 0.25) is 0 Å². The van der Waals surface area contributed by atoms with E-state index >= 15 is 0 Å². The van der Waals surface area contributed by atoms with Crippen LogP contribution in [-0.2, 0) is 12.8 Å². The molecule has 1 atom stereocenters. The van der Waals surface area contributed by atoms with E-state index in [0.717, 1.165) is 24.1 Å². The van der Waals surface area contributed by atoms with Crippen LogP contribution >= 0.6 is 0 Å². The van der Waals surface area contributed by atoms with E-state index in [2.05, 4.69) is 9.88 Å². The summed E-state index contributed by atoms with van der Waals surface area (Å²) in [5, 5.41) is 0. The summed E-state index contributed by atoms with van der Waals surface area (Å²) in [6, 6.07) is 2.35. The molecule has 0 saturated carbocycles. The fourth-order valence-electron chi connectivity index (χ4n) is 2.89. The van der Waals surface area contributed by atoms with Crippen LogP contribution in [0, 0.1) is 6.92 Å². The highest BCUT2D eigenvalue weighted by atomic mass is 16.1. The van der Waals surface area contributed by atoms with Gasteiger partial charge in [0, 0.05) is 29.1 Å². The molecule has 0 bridgehead atoms. The van der Waals surface area contributed by atoms with Crippen molar-refractivity contribution in [1.82, 2.24) is 9.88 Å². The zero-order valence-corrected chi connectivity index (χ0v) is 9.75. The summed E-state index contributed by atoms with van der Waals surface area (Å²) in [4.78, 5) is 17.8. The summed E-state index contributed by atoms with van der Waals surface area (Å²) < 4.78 is 0. The highest BCUT2D eigenvalue weighted by molar-refractivity contribution is 5.26. The Morgan fingerprint density at radius 3 is 2.94 bits per heavy atom. The van der Waals surface area contributed by atoms with Gasteiger partial charge < -0.3 is 4.98 Å². The van der Waals surface area contributed by atoms with Gasteiger partial charge in [-0.2, -0.15) is 0 Å². The minimum atomic E-state index is 0.233. The second-order valence-corrected chi connectivity index (χ2v) is 5.06. The lowest BCUT2D eigenvalue weighted by Crippen LogP contribution is -2.48. The fraction of sp³-hybridized carbons (Fsp3) is 0.615. The molecule has 1 aliphatic heterocycles. The van der Waals surface area contributed by atoms with E-state index in [4.69, 9.17) is 0 Å². The van der Waals surface area contributed by atoms with E-state index in [1.165, 1.54) is 31.6 Å². The molecule has 16 heavy (non-hydrogen) atoms. The van der Waals surface area contributed by atoms with Crippen LogP contribution in [-0.4, -0.2) is 29.0 Å². The highest BCUT2D eigenvalue weighted by Gasteiger charge is 2.28. The van der Waals surface area contributed by atoms with Gasteiger partial charge >= 0.3 is 0 Å². The number of aromatic nitrogens is 1. The first-order valence-corrected chi connectivity index (χ1v) is 6.20. The van der Waals surface area contributed by atoms with Crippen LogP contribution in [0.3, 0.4) is 0 Å². The number of hydrogen-bond donors (Lipinski definition) is 1. The Kier molecular flexibility index (Phi) is 2.36. The molecule has 1 N–H and O–H groups in total. The maximum Gasteiger partial charge on any atom is 0.185 e. The molecule has 1 fully saturated rings. The second-order valence-electron chi connectivity index (χ2n) is 5.06. The highest BCUT2D eigenvalue weighted by Crippen LogP contribution is 2.24. The molecule has 1 aromatic rings.